The van der Waals surface area contributed by atoms with Gasteiger partial charge in [-0.05, 0) is 30.7 Å². The van der Waals surface area contributed by atoms with E-state index in [0.717, 1.165) is 23.2 Å². The highest BCUT2D eigenvalue weighted by molar-refractivity contribution is 6.31. The molecule has 0 aliphatic heterocycles. The Balaban J connectivity index is 2.17. The molecule has 2 aromatic rings. The van der Waals surface area contributed by atoms with Crippen LogP contribution in [-0.2, 0) is 4.74 Å². The van der Waals surface area contributed by atoms with Crippen LogP contribution in [-0.4, -0.2) is 13.2 Å². The van der Waals surface area contributed by atoms with Gasteiger partial charge >= 0.3 is 0 Å². The predicted molar refractivity (Wildman–Crippen MR) is 72.4 cm³/mol. The van der Waals surface area contributed by atoms with Crippen LogP contribution in [0.25, 0.3) is 11.0 Å². The lowest BCUT2D eigenvalue weighted by Crippen LogP contribution is -2.31. The highest BCUT2D eigenvalue weighted by Crippen LogP contribution is 2.26. The van der Waals surface area contributed by atoms with E-state index in [1.807, 2.05) is 18.2 Å². The van der Waals surface area contributed by atoms with Gasteiger partial charge in [-0.15, -0.1) is 0 Å². The largest absolute Gasteiger partial charge is 0.459 e. The Bertz CT molecular complexity index is 513. The molecule has 18 heavy (non-hydrogen) atoms. The first-order valence-corrected chi connectivity index (χ1v) is 6.35. The Morgan fingerprint density at radius 2 is 2.28 bits per heavy atom. The third kappa shape index (κ3) is 3.03. The number of benzene rings is 1. The molecule has 0 saturated heterocycles. The first-order valence-electron chi connectivity index (χ1n) is 5.97. The van der Waals surface area contributed by atoms with E-state index in [1.54, 1.807) is 6.07 Å². The summed E-state index contributed by atoms with van der Waals surface area (Å²) in [5.74, 6) is 6.28. The molecule has 4 nitrogen and oxygen atoms in total. The molecule has 0 aliphatic rings. The number of ether oxygens (including phenoxy) is 1. The minimum atomic E-state index is -0.150. The number of nitrogens with one attached hydrogen (secondary N) is 1. The van der Waals surface area contributed by atoms with Crippen molar-refractivity contribution in [3.63, 3.8) is 0 Å². The van der Waals surface area contributed by atoms with E-state index < -0.39 is 0 Å². The first kappa shape index (κ1) is 13.4. The zero-order chi connectivity index (χ0) is 13.0. The second kappa shape index (κ2) is 6.20. The monoisotopic (exact) mass is 268 g/mol. The van der Waals surface area contributed by atoms with Crippen molar-refractivity contribution in [1.82, 2.24) is 5.43 Å². The van der Waals surface area contributed by atoms with Crippen LogP contribution in [0.2, 0.25) is 5.02 Å². The summed E-state index contributed by atoms with van der Waals surface area (Å²) in [7, 11) is 0. The molecule has 0 saturated carbocycles. The van der Waals surface area contributed by atoms with Crippen LogP contribution in [0.1, 0.15) is 25.1 Å². The van der Waals surface area contributed by atoms with Crippen LogP contribution in [0.5, 0.6) is 0 Å². The van der Waals surface area contributed by atoms with E-state index in [9.17, 15) is 0 Å². The highest BCUT2D eigenvalue weighted by atomic mass is 35.5. The van der Waals surface area contributed by atoms with Gasteiger partial charge in [0.25, 0.3) is 0 Å². The maximum absolute atomic E-state index is 5.94. The molecule has 0 fully saturated rings. The van der Waals surface area contributed by atoms with E-state index in [0.29, 0.717) is 18.2 Å². The van der Waals surface area contributed by atoms with Gasteiger partial charge in [-0.2, -0.15) is 0 Å². The number of rotatable bonds is 6. The smallest absolute Gasteiger partial charge is 0.134 e. The third-order valence-electron chi connectivity index (χ3n) is 2.68. The average Bonchev–Trinajstić information content (AvgIpc) is 2.77. The predicted octanol–water partition coefficient (Wildman–Crippen LogP) is 3.02. The number of fused-ring (bicyclic) bond motifs is 1. The molecule has 1 heterocycles. The normalized spacial score (nSPS) is 13.1. The van der Waals surface area contributed by atoms with Gasteiger partial charge in [-0.3, -0.25) is 5.84 Å². The summed E-state index contributed by atoms with van der Waals surface area (Å²) in [5.41, 5.74) is 3.50. The number of nitrogens with two attached hydrogens (primary N) is 1. The van der Waals surface area contributed by atoms with Crippen molar-refractivity contribution in [2.24, 2.45) is 5.84 Å². The summed E-state index contributed by atoms with van der Waals surface area (Å²) >= 11 is 5.94. The number of furan rings is 1. The zero-order valence-electron chi connectivity index (χ0n) is 10.3. The molecule has 1 aromatic heterocycles. The third-order valence-corrected chi connectivity index (χ3v) is 2.91. The van der Waals surface area contributed by atoms with Gasteiger partial charge in [0.15, 0.2) is 0 Å². The van der Waals surface area contributed by atoms with Crippen LogP contribution < -0.4 is 11.3 Å². The summed E-state index contributed by atoms with van der Waals surface area (Å²) in [6.45, 7) is 3.26. The molecule has 0 bridgehead atoms. The summed E-state index contributed by atoms with van der Waals surface area (Å²) < 4.78 is 11.2. The Kier molecular flexibility index (Phi) is 4.60. The maximum atomic E-state index is 5.94. The first-order chi connectivity index (χ1) is 8.74. The quantitative estimate of drug-likeness (QED) is 0.480. The van der Waals surface area contributed by atoms with Crippen LogP contribution in [0, 0.1) is 0 Å². The highest BCUT2D eigenvalue weighted by Gasteiger charge is 2.15. The summed E-state index contributed by atoms with van der Waals surface area (Å²) in [6.07, 6.45) is 0.979. The van der Waals surface area contributed by atoms with Crippen LogP contribution in [0.4, 0.5) is 0 Å². The molecule has 0 amide bonds. The molecular weight excluding hydrogens is 252 g/mol. The average molecular weight is 269 g/mol. The molecule has 0 aliphatic carbocycles. The van der Waals surface area contributed by atoms with Crippen molar-refractivity contribution >= 4 is 22.6 Å². The molecule has 5 heteroatoms. The van der Waals surface area contributed by atoms with Crippen molar-refractivity contribution in [2.75, 3.05) is 13.2 Å². The van der Waals surface area contributed by atoms with Gasteiger partial charge in [0.05, 0.1) is 6.61 Å². The van der Waals surface area contributed by atoms with Gasteiger partial charge in [-0.1, -0.05) is 18.5 Å². The fourth-order valence-electron chi connectivity index (χ4n) is 1.76. The van der Waals surface area contributed by atoms with E-state index >= 15 is 0 Å². The van der Waals surface area contributed by atoms with E-state index in [4.69, 9.17) is 26.6 Å². The summed E-state index contributed by atoms with van der Waals surface area (Å²) in [5, 5.41) is 1.66. The summed E-state index contributed by atoms with van der Waals surface area (Å²) in [6, 6.07) is 7.30. The Morgan fingerprint density at radius 1 is 1.44 bits per heavy atom. The molecule has 98 valence electrons. The second-order valence-electron chi connectivity index (χ2n) is 4.13. The van der Waals surface area contributed by atoms with Crippen LogP contribution in [0.15, 0.2) is 28.7 Å². The van der Waals surface area contributed by atoms with Gasteiger partial charge in [0.2, 0.25) is 0 Å². The number of hydrogen-bond donors (Lipinski definition) is 2. The SMILES string of the molecule is CCCOCC(NN)c1cc2cc(Cl)ccc2o1. The number of halogens is 1. The minimum Gasteiger partial charge on any atom is -0.459 e. The Hall–Kier alpha value is -1.07. The van der Waals surface area contributed by atoms with Crippen molar-refractivity contribution in [2.45, 2.75) is 19.4 Å². The van der Waals surface area contributed by atoms with E-state index in [2.05, 4.69) is 12.3 Å². The zero-order valence-corrected chi connectivity index (χ0v) is 11.0. The second-order valence-corrected chi connectivity index (χ2v) is 4.56. The molecule has 1 atom stereocenters. The van der Waals surface area contributed by atoms with Gasteiger partial charge in [0.1, 0.15) is 17.4 Å². The van der Waals surface area contributed by atoms with Crippen LogP contribution in [0.3, 0.4) is 0 Å². The lowest BCUT2D eigenvalue weighted by molar-refractivity contribution is 0.106. The van der Waals surface area contributed by atoms with Crippen molar-refractivity contribution in [1.29, 1.82) is 0 Å². The summed E-state index contributed by atoms with van der Waals surface area (Å²) in [4.78, 5) is 0. The van der Waals surface area contributed by atoms with Gasteiger partial charge in [0, 0.05) is 17.0 Å². The lowest BCUT2D eigenvalue weighted by Gasteiger charge is -2.12. The fraction of sp³-hybridized carbons (Fsp3) is 0.385. The molecule has 0 radical (unpaired) electrons. The number of hydrazine groups is 1. The Labute approximate surface area is 111 Å². The van der Waals surface area contributed by atoms with Gasteiger partial charge < -0.3 is 9.15 Å². The van der Waals surface area contributed by atoms with Crippen molar-refractivity contribution in [3.8, 4) is 0 Å². The van der Waals surface area contributed by atoms with E-state index in [1.165, 1.54) is 0 Å². The fourth-order valence-corrected chi connectivity index (χ4v) is 1.94. The van der Waals surface area contributed by atoms with Crippen LogP contribution >= 0.6 is 11.6 Å². The molecular formula is C13H17ClN2O2. The number of hydrogen-bond acceptors (Lipinski definition) is 4. The molecule has 3 N–H and O–H groups in total. The standard InChI is InChI=1S/C13H17ClN2O2/c1-2-5-17-8-11(16-15)13-7-9-6-10(14)3-4-12(9)18-13/h3-4,6-7,11,16H,2,5,8,15H2,1H3. The molecule has 2 rings (SSSR count). The minimum absolute atomic E-state index is 0.150. The van der Waals surface area contributed by atoms with E-state index in [-0.39, 0.29) is 6.04 Å². The Morgan fingerprint density at radius 3 is 3.00 bits per heavy atom. The topological polar surface area (TPSA) is 60.4 Å². The molecule has 1 aromatic carbocycles. The molecule has 1 unspecified atom stereocenters. The maximum Gasteiger partial charge on any atom is 0.134 e. The van der Waals surface area contributed by atoms with Gasteiger partial charge in [-0.25, -0.2) is 5.43 Å². The molecule has 0 spiro atoms. The van der Waals surface area contributed by atoms with Crippen molar-refractivity contribution < 1.29 is 9.15 Å². The lowest BCUT2D eigenvalue weighted by atomic mass is 10.2. The van der Waals surface area contributed by atoms with Crippen molar-refractivity contribution in [3.05, 3.63) is 35.0 Å².